The molecule has 110 valence electrons. The van der Waals surface area contributed by atoms with Crippen molar-refractivity contribution in [3.63, 3.8) is 0 Å². The Morgan fingerprint density at radius 3 is 2.64 bits per heavy atom. The maximum atomic E-state index is 12.1. The van der Waals surface area contributed by atoms with Gasteiger partial charge in [-0.3, -0.25) is 9.36 Å². The summed E-state index contributed by atoms with van der Waals surface area (Å²) in [5.41, 5.74) is 4.47. The third kappa shape index (κ3) is 2.00. The van der Waals surface area contributed by atoms with Crippen LogP contribution in [0, 0.1) is 0 Å². The maximum Gasteiger partial charge on any atom is 0.245 e. The van der Waals surface area contributed by atoms with Crippen LogP contribution in [0.1, 0.15) is 10.4 Å². The first-order valence-corrected chi connectivity index (χ1v) is 7.28. The number of nitrogens with one attached hydrogen (secondary N) is 1. The Morgan fingerprint density at radius 2 is 1.86 bits per heavy atom. The second-order valence-corrected chi connectivity index (χ2v) is 5.48. The summed E-state index contributed by atoms with van der Waals surface area (Å²) in [7, 11) is 1.67. The highest BCUT2D eigenvalue weighted by atomic mass is 16.5. The van der Waals surface area contributed by atoms with Crippen molar-refractivity contribution in [2.45, 2.75) is 6.54 Å². The van der Waals surface area contributed by atoms with E-state index in [-0.39, 0.29) is 5.91 Å². The average Bonchev–Trinajstić information content (AvgIpc) is 2.91. The van der Waals surface area contributed by atoms with E-state index in [1.165, 1.54) is 0 Å². The number of carbonyl (C=O) groups excluding carboxylic acids is 1. The summed E-state index contributed by atoms with van der Waals surface area (Å²) in [6.07, 6.45) is 1.86. The molecule has 0 bridgehead atoms. The first-order valence-electron chi connectivity index (χ1n) is 7.28. The van der Waals surface area contributed by atoms with Crippen molar-refractivity contribution in [3.05, 3.63) is 54.2 Å². The summed E-state index contributed by atoms with van der Waals surface area (Å²) in [6.45, 7) is 1.08. The van der Waals surface area contributed by atoms with Crippen molar-refractivity contribution in [2.24, 2.45) is 0 Å². The minimum Gasteiger partial charge on any atom is -0.497 e. The normalized spacial score (nSPS) is 14.1. The van der Waals surface area contributed by atoms with Gasteiger partial charge < -0.3 is 10.1 Å². The lowest BCUT2D eigenvalue weighted by Crippen LogP contribution is -2.23. The smallest absolute Gasteiger partial charge is 0.245 e. The van der Waals surface area contributed by atoms with E-state index in [1.807, 2.05) is 24.4 Å². The van der Waals surface area contributed by atoms with Crippen molar-refractivity contribution in [1.29, 1.82) is 0 Å². The Kier molecular flexibility index (Phi) is 2.98. The largest absolute Gasteiger partial charge is 0.497 e. The molecule has 4 heteroatoms. The van der Waals surface area contributed by atoms with E-state index in [1.54, 1.807) is 11.7 Å². The number of rotatable bonds is 2. The molecule has 0 saturated carbocycles. The number of benzene rings is 2. The monoisotopic (exact) mass is 292 g/mol. The zero-order chi connectivity index (χ0) is 15.1. The van der Waals surface area contributed by atoms with Crippen LogP contribution in [-0.4, -0.2) is 24.1 Å². The Balaban J connectivity index is 1.89. The first kappa shape index (κ1) is 13.1. The molecule has 3 aromatic rings. The molecule has 0 spiro atoms. The Morgan fingerprint density at radius 1 is 1.05 bits per heavy atom. The fourth-order valence-corrected chi connectivity index (χ4v) is 3.05. The average molecular weight is 292 g/mol. The number of ether oxygens (including phenoxy) is 1. The number of hydrogen-bond acceptors (Lipinski definition) is 3. The molecule has 0 amide bonds. The predicted molar refractivity (Wildman–Crippen MR) is 86.3 cm³/mol. The lowest BCUT2D eigenvalue weighted by Gasteiger charge is -2.08. The van der Waals surface area contributed by atoms with Crippen LogP contribution in [0.2, 0.25) is 0 Å². The fourth-order valence-electron chi connectivity index (χ4n) is 3.05. The fraction of sp³-hybridized carbons (Fsp3) is 0.167. The number of hydrogen-bond donors (Lipinski definition) is 1. The molecule has 0 aliphatic carbocycles. The Labute approximate surface area is 128 Å². The molecule has 1 aromatic heterocycles. The second kappa shape index (κ2) is 5.00. The van der Waals surface area contributed by atoms with Gasteiger partial charge in [0.05, 0.1) is 19.2 Å². The molecule has 1 aliphatic heterocycles. The number of nitrogens with zero attached hydrogens (tertiary/aromatic N) is 1. The molecule has 0 saturated heterocycles. The van der Waals surface area contributed by atoms with E-state index in [2.05, 4.69) is 29.6 Å². The molecule has 2 aromatic carbocycles. The molecule has 0 atom stereocenters. The number of carbonyl (C=O) groups is 1. The molecule has 4 nitrogen and oxygen atoms in total. The minimum atomic E-state index is 0.0888. The SMILES string of the molecule is COc1ccc(-c2cc3c4c(ccn4C(=O)CNC3)c2)cc1. The second-order valence-electron chi connectivity index (χ2n) is 5.48. The molecule has 1 N–H and O–H groups in total. The van der Waals surface area contributed by atoms with Crippen LogP contribution in [0.15, 0.2) is 48.7 Å². The van der Waals surface area contributed by atoms with Crippen molar-refractivity contribution in [2.75, 3.05) is 13.7 Å². The lowest BCUT2D eigenvalue weighted by atomic mass is 10.0. The summed E-state index contributed by atoms with van der Waals surface area (Å²) >= 11 is 0. The first-order chi connectivity index (χ1) is 10.8. The highest BCUT2D eigenvalue weighted by molar-refractivity contribution is 5.97. The Bertz CT molecular complexity index is 863. The Hall–Kier alpha value is -2.59. The van der Waals surface area contributed by atoms with Crippen LogP contribution in [0.5, 0.6) is 5.75 Å². The van der Waals surface area contributed by atoms with Crippen molar-refractivity contribution < 1.29 is 9.53 Å². The van der Waals surface area contributed by atoms with Gasteiger partial charge in [0.1, 0.15) is 5.75 Å². The quantitative estimate of drug-likeness (QED) is 0.789. The minimum absolute atomic E-state index is 0.0888. The third-order valence-electron chi connectivity index (χ3n) is 4.15. The predicted octanol–water partition coefficient (Wildman–Crippen LogP) is 3.06. The van der Waals surface area contributed by atoms with Gasteiger partial charge in [-0.2, -0.15) is 0 Å². The molecular formula is C18H16N2O2. The van der Waals surface area contributed by atoms with Crippen LogP contribution < -0.4 is 10.1 Å². The molecule has 0 unspecified atom stereocenters. The van der Waals surface area contributed by atoms with E-state index >= 15 is 0 Å². The standard InChI is InChI=1S/C18H16N2O2/c1-22-16-4-2-12(3-5-16)14-8-13-6-7-20-17(21)11-19-10-15(9-14)18(13)20/h2-9,19H,10-11H2,1H3. The van der Waals surface area contributed by atoms with E-state index < -0.39 is 0 Å². The van der Waals surface area contributed by atoms with Crippen LogP contribution in [-0.2, 0) is 6.54 Å². The zero-order valence-electron chi connectivity index (χ0n) is 12.3. The number of aromatic nitrogens is 1. The molecular weight excluding hydrogens is 276 g/mol. The summed E-state index contributed by atoms with van der Waals surface area (Å²) in [4.78, 5) is 12.1. The molecule has 0 fully saturated rings. The van der Waals surface area contributed by atoms with Crippen LogP contribution in [0.3, 0.4) is 0 Å². The third-order valence-corrected chi connectivity index (χ3v) is 4.15. The summed E-state index contributed by atoms with van der Waals surface area (Å²) in [5, 5.41) is 4.29. The van der Waals surface area contributed by atoms with E-state index in [9.17, 15) is 4.79 Å². The summed E-state index contributed by atoms with van der Waals surface area (Å²) in [5.74, 6) is 0.937. The molecule has 2 heterocycles. The molecule has 0 radical (unpaired) electrons. The highest BCUT2D eigenvalue weighted by Gasteiger charge is 2.17. The molecule has 22 heavy (non-hydrogen) atoms. The maximum absolute atomic E-state index is 12.1. The van der Waals surface area contributed by atoms with Crippen LogP contribution in [0.25, 0.3) is 22.0 Å². The number of methoxy groups -OCH3 is 1. The van der Waals surface area contributed by atoms with Gasteiger partial charge in [0.2, 0.25) is 5.91 Å². The van der Waals surface area contributed by atoms with Crippen molar-refractivity contribution in [3.8, 4) is 16.9 Å². The van der Waals surface area contributed by atoms with Gasteiger partial charge >= 0.3 is 0 Å². The van der Waals surface area contributed by atoms with Crippen molar-refractivity contribution >= 4 is 16.8 Å². The highest BCUT2D eigenvalue weighted by Crippen LogP contribution is 2.30. The summed E-state index contributed by atoms with van der Waals surface area (Å²) in [6, 6.07) is 14.3. The van der Waals surface area contributed by atoms with E-state index in [4.69, 9.17) is 4.74 Å². The summed E-state index contributed by atoms with van der Waals surface area (Å²) < 4.78 is 6.96. The van der Waals surface area contributed by atoms with Crippen LogP contribution in [0.4, 0.5) is 0 Å². The van der Waals surface area contributed by atoms with Crippen LogP contribution >= 0.6 is 0 Å². The van der Waals surface area contributed by atoms with Gasteiger partial charge in [0.25, 0.3) is 0 Å². The van der Waals surface area contributed by atoms with Crippen molar-refractivity contribution in [1.82, 2.24) is 9.88 Å². The van der Waals surface area contributed by atoms with Gasteiger partial charge in [0.15, 0.2) is 0 Å². The topological polar surface area (TPSA) is 43.3 Å². The zero-order valence-corrected chi connectivity index (χ0v) is 12.3. The van der Waals surface area contributed by atoms with Gasteiger partial charge in [-0.15, -0.1) is 0 Å². The lowest BCUT2D eigenvalue weighted by molar-refractivity contribution is 0.0920. The van der Waals surface area contributed by atoms with E-state index in [0.29, 0.717) is 13.1 Å². The van der Waals surface area contributed by atoms with Gasteiger partial charge in [0, 0.05) is 18.1 Å². The van der Waals surface area contributed by atoms with E-state index in [0.717, 1.165) is 33.3 Å². The van der Waals surface area contributed by atoms with Gasteiger partial charge in [-0.1, -0.05) is 12.1 Å². The molecule has 1 aliphatic rings. The van der Waals surface area contributed by atoms with Gasteiger partial charge in [-0.25, -0.2) is 0 Å². The van der Waals surface area contributed by atoms with Gasteiger partial charge in [-0.05, 0) is 47.0 Å². The molecule has 4 rings (SSSR count).